The van der Waals surface area contributed by atoms with Gasteiger partial charge in [0, 0.05) is 5.75 Å². The summed E-state index contributed by atoms with van der Waals surface area (Å²) in [5.41, 5.74) is 1.01. The van der Waals surface area contributed by atoms with Crippen molar-refractivity contribution in [3.05, 3.63) is 0 Å². The molecule has 3 nitrogen and oxygen atoms in total. The molecule has 0 saturated heterocycles. The molecule has 0 aromatic carbocycles. The third-order valence-electron chi connectivity index (χ3n) is 1.28. The van der Waals surface area contributed by atoms with Gasteiger partial charge in [-0.2, -0.15) is 13.2 Å². The maximum absolute atomic E-state index is 11.7. The van der Waals surface area contributed by atoms with Gasteiger partial charge in [-0.3, -0.25) is 4.79 Å². The van der Waals surface area contributed by atoms with E-state index < -0.39 is 17.5 Å². The number of esters is 1. The molecule has 2 N–H and O–H groups in total. The van der Waals surface area contributed by atoms with E-state index in [1.54, 1.807) is 6.92 Å². The number of alkyl halides is 3. The number of halogens is 3. The van der Waals surface area contributed by atoms with Gasteiger partial charge in [0.2, 0.25) is 0 Å². The summed E-state index contributed by atoms with van der Waals surface area (Å²) in [4.78, 5) is 10.9. The zero-order chi connectivity index (χ0) is 11.2. The third kappa shape index (κ3) is 7.02. The first-order valence-electron chi connectivity index (χ1n) is 3.99. The maximum Gasteiger partial charge on any atom is 0.441 e. The van der Waals surface area contributed by atoms with Gasteiger partial charge < -0.3 is 10.5 Å². The zero-order valence-electron chi connectivity index (χ0n) is 7.63. The first kappa shape index (κ1) is 13.6. The van der Waals surface area contributed by atoms with E-state index in [-0.39, 0.29) is 30.5 Å². The monoisotopic (exact) mass is 231 g/mol. The first-order valence-corrected chi connectivity index (χ1v) is 4.98. The summed E-state index contributed by atoms with van der Waals surface area (Å²) in [5.74, 6) is -0.890. The number of carbonyl (C=O) groups excluding carboxylic acids is 1. The number of hydrogen-bond acceptors (Lipinski definition) is 4. The van der Waals surface area contributed by atoms with Crippen molar-refractivity contribution >= 4 is 17.7 Å². The van der Waals surface area contributed by atoms with Crippen LogP contribution in [0.4, 0.5) is 13.2 Å². The van der Waals surface area contributed by atoms with Crippen LogP contribution in [0.15, 0.2) is 0 Å². The molecule has 1 atom stereocenters. The minimum atomic E-state index is -4.27. The Hall–Kier alpha value is -0.430. The highest BCUT2D eigenvalue weighted by Crippen LogP contribution is 2.30. The molecule has 0 radical (unpaired) electrons. The lowest BCUT2D eigenvalue weighted by atomic mass is 10.2. The van der Waals surface area contributed by atoms with E-state index >= 15 is 0 Å². The van der Waals surface area contributed by atoms with E-state index in [4.69, 9.17) is 5.73 Å². The van der Waals surface area contributed by atoms with Gasteiger partial charge >= 0.3 is 11.5 Å². The number of thioether (sulfide) groups is 1. The van der Waals surface area contributed by atoms with Crippen LogP contribution in [0.1, 0.15) is 13.3 Å². The SMILES string of the molecule is CCOC(=O)[C@H](N)CCSC(F)(F)F. The van der Waals surface area contributed by atoms with E-state index in [9.17, 15) is 18.0 Å². The van der Waals surface area contributed by atoms with E-state index in [1.807, 2.05) is 0 Å². The molecule has 0 aliphatic carbocycles. The topological polar surface area (TPSA) is 52.3 Å². The van der Waals surface area contributed by atoms with Crippen LogP contribution in [0.3, 0.4) is 0 Å². The molecule has 0 saturated carbocycles. The average Bonchev–Trinajstić information content (AvgIpc) is 2.02. The molecule has 0 bridgehead atoms. The van der Waals surface area contributed by atoms with Crippen LogP contribution in [0.2, 0.25) is 0 Å². The molecule has 0 aliphatic heterocycles. The van der Waals surface area contributed by atoms with E-state index in [1.165, 1.54) is 0 Å². The summed E-state index contributed by atoms with van der Waals surface area (Å²) >= 11 is -0.190. The van der Waals surface area contributed by atoms with Crippen LogP contribution < -0.4 is 5.73 Å². The summed E-state index contributed by atoms with van der Waals surface area (Å²) in [5, 5.41) is 0. The molecule has 0 spiro atoms. The van der Waals surface area contributed by atoms with E-state index in [2.05, 4.69) is 4.74 Å². The molecule has 0 aromatic rings. The lowest BCUT2D eigenvalue weighted by Crippen LogP contribution is -2.33. The van der Waals surface area contributed by atoms with Crippen LogP contribution in [0.5, 0.6) is 0 Å². The second kappa shape index (κ2) is 6.13. The fraction of sp³-hybridized carbons (Fsp3) is 0.857. The van der Waals surface area contributed by atoms with Crippen LogP contribution in [0, 0.1) is 0 Å². The predicted octanol–water partition coefficient (Wildman–Crippen LogP) is 1.52. The lowest BCUT2D eigenvalue weighted by molar-refractivity contribution is -0.144. The highest BCUT2D eigenvalue weighted by atomic mass is 32.2. The van der Waals surface area contributed by atoms with Crippen molar-refractivity contribution in [3.8, 4) is 0 Å². The lowest BCUT2D eigenvalue weighted by Gasteiger charge is -2.10. The Morgan fingerprint density at radius 1 is 1.57 bits per heavy atom. The van der Waals surface area contributed by atoms with Crippen molar-refractivity contribution in [1.82, 2.24) is 0 Å². The molecule has 0 unspecified atom stereocenters. The normalized spacial score (nSPS) is 13.8. The van der Waals surface area contributed by atoms with Crippen LogP contribution in [-0.2, 0) is 9.53 Å². The van der Waals surface area contributed by atoms with Gasteiger partial charge in [-0.25, -0.2) is 0 Å². The highest BCUT2D eigenvalue weighted by Gasteiger charge is 2.28. The van der Waals surface area contributed by atoms with Crippen molar-refractivity contribution in [3.63, 3.8) is 0 Å². The van der Waals surface area contributed by atoms with E-state index in [0.29, 0.717) is 0 Å². The predicted molar refractivity (Wildman–Crippen MR) is 47.7 cm³/mol. The molecule has 0 fully saturated rings. The quantitative estimate of drug-likeness (QED) is 0.729. The second-order valence-corrected chi connectivity index (χ2v) is 3.60. The molecule has 0 heterocycles. The van der Waals surface area contributed by atoms with Crippen LogP contribution in [-0.4, -0.2) is 29.9 Å². The van der Waals surface area contributed by atoms with Crippen molar-refractivity contribution in [1.29, 1.82) is 0 Å². The fourth-order valence-electron chi connectivity index (χ4n) is 0.669. The smallest absolute Gasteiger partial charge is 0.441 e. The summed E-state index contributed by atoms with van der Waals surface area (Å²) in [6.45, 7) is 1.79. The molecule has 0 aliphatic rings. The third-order valence-corrected chi connectivity index (χ3v) is 2.05. The first-order chi connectivity index (χ1) is 6.37. The largest absolute Gasteiger partial charge is 0.465 e. The molecular formula is C7H12F3NO2S. The molecule has 7 heteroatoms. The molecule has 0 amide bonds. The Kier molecular flexibility index (Phi) is 5.94. The molecule has 0 aromatic heterocycles. The Balaban J connectivity index is 3.63. The summed E-state index contributed by atoms with van der Waals surface area (Å²) in [6.07, 6.45) is -0.0387. The fourth-order valence-corrected chi connectivity index (χ4v) is 1.27. The minimum Gasteiger partial charge on any atom is -0.465 e. The van der Waals surface area contributed by atoms with Crippen molar-refractivity contribution in [2.75, 3.05) is 12.4 Å². The average molecular weight is 231 g/mol. The standard InChI is InChI=1S/C7H12F3NO2S/c1-2-13-6(12)5(11)3-4-14-7(8,9)10/h5H,2-4,11H2,1H3/t5-/m1/s1. The van der Waals surface area contributed by atoms with Gasteiger partial charge in [0.25, 0.3) is 0 Å². The Morgan fingerprint density at radius 2 is 2.14 bits per heavy atom. The van der Waals surface area contributed by atoms with E-state index in [0.717, 1.165) is 0 Å². The van der Waals surface area contributed by atoms with Gasteiger partial charge in [-0.1, -0.05) is 11.8 Å². The molecular weight excluding hydrogens is 219 g/mol. The number of ether oxygens (including phenoxy) is 1. The van der Waals surface area contributed by atoms with Gasteiger partial charge in [0.15, 0.2) is 0 Å². The Labute approximate surface area is 84.2 Å². The van der Waals surface area contributed by atoms with Crippen molar-refractivity contribution in [2.45, 2.75) is 24.9 Å². The second-order valence-electron chi connectivity index (χ2n) is 2.44. The van der Waals surface area contributed by atoms with Gasteiger partial charge in [-0.15, -0.1) is 0 Å². The zero-order valence-corrected chi connectivity index (χ0v) is 8.45. The Bertz CT molecular complexity index is 186. The van der Waals surface area contributed by atoms with Crippen molar-refractivity contribution < 1.29 is 22.7 Å². The molecule has 84 valence electrons. The molecule has 0 rings (SSSR count). The van der Waals surface area contributed by atoms with Crippen molar-refractivity contribution in [2.24, 2.45) is 5.73 Å². The van der Waals surface area contributed by atoms with Gasteiger partial charge in [0.05, 0.1) is 6.61 Å². The number of carbonyl (C=O) groups is 1. The Morgan fingerprint density at radius 3 is 2.57 bits per heavy atom. The van der Waals surface area contributed by atoms with Crippen LogP contribution >= 0.6 is 11.8 Å². The highest BCUT2D eigenvalue weighted by molar-refractivity contribution is 8.00. The summed E-state index contributed by atoms with van der Waals surface area (Å²) in [6, 6.07) is -0.968. The minimum absolute atomic E-state index is 0.0387. The van der Waals surface area contributed by atoms with Crippen LogP contribution in [0.25, 0.3) is 0 Å². The maximum atomic E-state index is 11.7. The van der Waals surface area contributed by atoms with Gasteiger partial charge in [0.1, 0.15) is 6.04 Å². The number of hydrogen-bond donors (Lipinski definition) is 1. The number of rotatable bonds is 5. The number of nitrogens with two attached hydrogens (primary N) is 1. The summed E-state index contributed by atoms with van der Waals surface area (Å²) in [7, 11) is 0. The summed E-state index contributed by atoms with van der Waals surface area (Å²) < 4.78 is 39.5. The van der Waals surface area contributed by atoms with Gasteiger partial charge in [-0.05, 0) is 13.3 Å². The molecule has 14 heavy (non-hydrogen) atoms.